The summed E-state index contributed by atoms with van der Waals surface area (Å²) < 4.78 is 0. The number of benzene rings is 1. The van der Waals surface area contributed by atoms with Crippen LogP contribution in [0.1, 0.15) is 43.2 Å². The number of amides is 1. The molecule has 1 atom stereocenters. The topological polar surface area (TPSA) is 64.3 Å². The molecule has 4 nitrogen and oxygen atoms in total. The zero-order valence-electron chi connectivity index (χ0n) is 13.1. The Kier molecular flexibility index (Phi) is 5.49. The first-order chi connectivity index (χ1) is 10.5. The first-order valence-electron chi connectivity index (χ1n) is 7.49. The molecule has 5 heteroatoms. The number of thioether (sulfide) groups is 1. The predicted octanol–water partition coefficient (Wildman–Crippen LogP) is 2.93. The van der Waals surface area contributed by atoms with Crippen LogP contribution in [0.15, 0.2) is 24.3 Å². The van der Waals surface area contributed by atoms with Crippen molar-refractivity contribution < 1.29 is 9.90 Å². The fourth-order valence-electron chi connectivity index (χ4n) is 2.50. The molecule has 1 amide bonds. The van der Waals surface area contributed by atoms with Gasteiger partial charge >= 0.3 is 0 Å². The van der Waals surface area contributed by atoms with Gasteiger partial charge in [0.25, 0.3) is 0 Å². The summed E-state index contributed by atoms with van der Waals surface area (Å²) in [6.45, 7) is 4.94. The van der Waals surface area contributed by atoms with Gasteiger partial charge in [0.2, 0.25) is 5.91 Å². The summed E-state index contributed by atoms with van der Waals surface area (Å²) in [4.78, 5) is 14.0. The van der Waals surface area contributed by atoms with Crippen LogP contribution in [0.25, 0.3) is 0 Å². The molecule has 1 aliphatic rings. The van der Waals surface area contributed by atoms with E-state index in [9.17, 15) is 9.90 Å². The van der Waals surface area contributed by atoms with Gasteiger partial charge in [-0.05, 0) is 36.0 Å². The second-order valence-corrected chi connectivity index (χ2v) is 7.48. The number of hydrogen-bond acceptors (Lipinski definition) is 4. The standard InChI is InChI=1S/C17H22N2O2S/c1-17(2,12-20)8-3-9-19-15(21)11-22-16(19)14-6-4-13(10-18)5-7-14/h4-7,16,20H,3,8-9,11-12H2,1-2H3. The summed E-state index contributed by atoms with van der Waals surface area (Å²) in [7, 11) is 0. The number of aliphatic hydroxyl groups excluding tert-OH is 1. The second kappa shape index (κ2) is 7.17. The third-order valence-electron chi connectivity index (χ3n) is 3.97. The molecule has 0 bridgehead atoms. The number of nitrogens with zero attached hydrogens (tertiary/aromatic N) is 2. The summed E-state index contributed by atoms with van der Waals surface area (Å²) in [6, 6.07) is 9.57. The molecule has 22 heavy (non-hydrogen) atoms. The van der Waals surface area contributed by atoms with Crippen LogP contribution < -0.4 is 0 Å². The maximum absolute atomic E-state index is 12.1. The first-order valence-corrected chi connectivity index (χ1v) is 8.54. The molecule has 118 valence electrons. The Morgan fingerprint density at radius 3 is 2.68 bits per heavy atom. The molecule has 1 fully saturated rings. The van der Waals surface area contributed by atoms with Crippen LogP contribution in [0.4, 0.5) is 0 Å². The van der Waals surface area contributed by atoms with Crippen LogP contribution in [0.3, 0.4) is 0 Å². The molecule has 1 unspecified atom stereocenters. The molecule has 1 saturated heterocycles. The monoisotopic (exact) mass is 318 g/mol. The number of carbonyl (C=O) groups is 1. The fraction of sp³-hybridized carbons (Fsp3) is 0.529. The molecule has 0 aliphatic carbocycles. The zero-order chi connectivity index (χ0) is 16.2. The van der Waals surface area contributed by atoms with E-state index in [-0.39, 0.29) is 23.3 Å². The van der Waals surface area contributed by atoms with E-state index in [1.165, 1.54) is 0 Å². The summed E-state index contributed by atoms with van der Waals surface area (Å²) in [5.74, 6) is 0.676. The van der Waals surface area contributed by atoms with E-state index in [0.717, 1.165) is 18.4 Å². The summed E-state index contributed by atoms with van der Waals surface area (Å²) in [5, 5.41) is 18.2. The Morgan fingerprint density at radius 1 is 1.41 bits per heavy atom. The lowest BCUT2D eigenvalue weighted by atomic mass is 9.89. The van der Waals surface area contributed by atoms with E-state index in [4.69, 9.17) is 5.26 Å². The lowest BCUT2D eigenvalue weighted by molar-refractivity contribution is -0.128. The summed E-state index contributed by atoms with van der Waals surface area (Å²) >= 11 is 1.63. The molecule has 1 N–H and O–H groups in total. The van der Waals surface area contributed by atoms with Crippen molar-refractivity contribution in [3.05, 3.63) is 35.4 Å². The van der Waals surface area contributed by atoms with Crippen LogP contribution in [0.5, 0.6) is 0 Å². The quantitative estimate of drug-likeness (QED) is 0.876. The molecule has 1 aliphatic heterocycles. The normalized spacial score (nSPS) is 18.5. The molecule has 1 aromatic rings. The highest BCUT2D eigenvalue weighted by molar-refractivity contribution is 8.00. The van der Waals surface area contributed by atoms with Crippen molar-refractivity contribution in [1.82, 2.24) is 4.90 Å². The third-order valence-corrected chi connectivity index (χ3v) is 5.23. The van der Waals surface area contributed by atoms with Crippen molar-refractivity contribution in [1.29, 1.82) is 5.26 Å². The van der Waals surface area contributed by atoms with Gasteiger partial charge in [-0.15, -0.1) is 11.8 Å². The lowest BCUT2D eigenvalue weighted by Crippen LogP contribution is -2.30. The minimum atomic E-state index is -0.0974. The van der Waals surface area contributed by atoms with Gasteiger partial charge in [-0.2, -0.15) is 5.26 Å². The molecule has 0 saturated carbocycles. The van der Waals surface area contributed by atoms with Gasteiger partial charge in [-0.3, -0.25) is 4.79 Å². The molecule has 1 aromatic carbocycles. The number of rotatable bonds is 6. The Hall–Kier alpha value is -1.51. The Morgan fingerprint density at radius 2 is 2.09 bits per heavy atom. The van der Waals surface area contributed by atoms with Crippen molar-refractivity contribution in [3.8, 4) is 6.07 Å². The number of aliphatic hydroxyl groups is 1. The van der Waals surface area contributed by atoms with Crippen molar-refractivity contribution in [2.75, 3.05) is 18.9 Å². The van der Waals surface area contributed by atoms with Crippen LogP contribution in [-0.2, 0) is 4.79 Å². The van der Waals surface area contributed by atoms with Crippen molar-refractivity contribution >= 4 is 17.7 Å². The van der Waals surface area contributed by atoms with E-state index in [1.807, 2.05) is 30.9 Å². The van der Waals surface area contributed by atoms with Crippen molar-refractivity contribution in [2.24, 2.45) is 5.41 Å². The van der Waals surface area contributed by atoms with Gasteiger partial charge in [-0.25, -0.2) is 0 Å². The fourth-order valence-corrected chi connectivity index (χ4v) is 3.72. The van der Waals surface area contributed by atoms with Crippen molar-refractivity contribution in [3.63, 3.8) is 0 Å². The van der Waals surface area contributed by atoms with Gasteiger partial charge < -0.3 is 10.0 Å². The molecule has 2 rings (SSSR count). The van der Waals surface area contributed by atoms with Gasteiger partial charge in [0.1, 0.15) is 5.37 Å². The average Bonchev–Trinajstić information content (AvgIpc) is 2.88. The first kappa shape index (κ1) is 16.9. The van der Waals surface area contributed by atoms with Gasteiger partial charge in [0.15, 0.2) is 0 Å². The zero-order valence-corrected chi connectivity index (χ0v) is 13.9. The van der Waals surface area contributed by atoms with Crippen LogP contribution >= 0.6 is 11.8 Å². The smallest absolute Gasteiger partial charge is 0.233 e. The van der Waals surface area contributed by atoms with E-state index in [0.29, 0.717) is 17.9 Å². The minimum Gasteiger partial charge on any atom is -0.396 e. The number of nitriles is 1. The molecule has 1 heterocycles. The Bertz CT molecular complexity index is 563. The molecule has 0 spiro atoms. The average molecular weight is 318 g/mol. The van der Waals surface area contributed by atoms with Gasteiger partial charge in [0.05, 0.1) is 17.4 Å². The summed E-state index contributed by atoms with van der Waals surface area (Å²) in [6.07, 6.45) is 1.77. The number of carbonyl (C=O) groups excluding carboxylic acids is 1. The van der Waals surface area contributed by atoms with Gasteiger partial charge in [-0.1, -0.05) is 26.0 Å². The second-order valence-electron chi connectivity index (χ2n) is 6.41. The summed E-state index contributed by atoms with van der Waals surface area (Å²) in [5.41, 5.74) is 1.60. The van der Waals surface area contributed by atoms with Crippen molar-refractivity contribution in [2.45, 2.75) is 32.1 Å². The van der Waals surface area contributed by atoms with Crippen LogP contribution in [0, 0.1) is 16.7 Å². The SMILES string of the molecule is CC(C)(CO)CCCN1C(=O)CSC1c1ccc(C#N)cc1. The van der Waals surface area contributed by atoms with E-state index >= 15 is 0 Å². The van der Waals surface area contributed by atoms with E-state index in [1.54, 1.807) is 23.9 Å². The Balaban J connectivity index is 2.01. The largest absolute Gasteiger partial charge is 0.396 e. The molecular formula is C17H22N2O2S. The highest BCUT2D eigenvalue weighted by atomic mass is 32.2. The third kappa shape index (κ3) is 4.02. The van der Waals surface area contributed by atoms with Crippen LogP contribution in [0.2, 0.25) is 0 Å². The lowest BCUT2D eigenvalue weighted by Gasteiger charge is -2.27. The van der Waals surface area contributed by atoms with Gasteiger partial charge in [0, 0.05) is 13.2 Å². The van der Waals surface area contributed by atoms with E-state index in [2.05, 4.69) is 6.07 Å². The predicted molar refractivity (Wildman–Crippen MR) is 88.2 cm³/mol. The minimum absolute atomic E-state index is 0.0393. The van der Waals surface area contributed by atoms with Crippen LogP contribution in [-0.4, -0.2) is 34.8 Å². The maximum atomic E-state index is 12.1. The highest BCUT2D eigenvalue weighted by Gasteiger charge is 2.32. The van der Waals surface area contributed by atoms with E-state index < -0.39 is 0 Å². The molecular weight excluding hydrogens is 296 g/mol. The maximum Gasteiger partial charge on any atom is 0.233 e. The molecule has 0 aromatic heterocycles. The molecule has 0 radical (unpaired) electrons. The highest BCUT2D eigenvalue weighted by Crippen LogP contribution is 2.39. The number of hydrogen-bond donors (Lipinski definition) is 1. The Labute approximate surface area is 136 Å².